The van der Waals surface area contributed by atoms with Crippen LogP contribution >= 0.6 is 11.6 Å². The lowest BCUT2D eigenvalue weighted by Crippen LogP contribution is -2.17. The van der Waals surface area contributed by atoms with Gasteiger partial charge in [-0.1, -0.05) is 29.8 Å². The zero-order valence-electron chi connectivity index (χ0n) is 15.8. The minimum Gasteiger partial charge on any atom is -0.493 e. The van der Waals surface area contributed by atoms with Gasteiger partial charge >= 0.3 is 0 Å². The molecule has 0 atom stereocenters. The molecule has 4 nitrogen and oxygen atoms in total. The third kappa shape index (κ3) is 7.24. The molecule has 0 aliphatic carbocycles. The molecule has 0 saturated carbocycles. The molecule has 0 saturated heterocycles. The second-order valence-electron chi connectivity index (χ2n) is 6.35. The van der Waals surface area contributed by atoms with Crippen LogP contribution in [-0.2, 0) is 17.9 Å². The summed E-state index contributed by atoms with van der Waals surface area (Å²) in [6, 6.07) is 13.6. The average molecular weight is 378 g/mol. The highest BCUT2D eigenvalue weighted by Crippen LogP contribution is 2.29. The minimum absolute atomic E-state index is 0.291. The average Bonchev–Trinajstić information content (AvgIpc) is 2.64. The zero-order chi connectivity index (χ0) is 18.8. The van der Waals surface area contributed by atoms with Crippen LogP contribution in [0.25, 0.3) is 0 Å². The summed E-state index contributed by atoms with van der Waals surface area (Å²) in [5, 5.41) is 4.14. The number of ether oxygens (including phenoxy) is 3. The first-order valence-electron chi connectivity index (χ1n) is 8.95. The number of hydrogen-bond acceptors (Lipinski definition) is 4. The van der Waals surface area contributed by atoms with Crippen molar-refractivity contribution in [1.29, 1.82) is 0 Å². The molecule has 0 amide bonds. The summed E-state index contributed by atoms with van der Waals surface area (Å²) < 4.78 is 16.9. The van der Waals surface area contributed by atoms with Crippen LogP contribution in [0.2, 0.25) is 5.02 Å². The molecule has 2 aromatic carbocycles. The van der Waals surface area contributed by atoms with Crippen molar-refractivity contribution in [3.63, 3.8) is 0 Å². The highest BCUT2D eigenvalue weighted by molar-refractivity contribution is 6.30. The summed E-state index contributed by atoms with van der Waals surface area (Å²) in [7, 11) is 1.66. The minimum atomic E-state index is 0.291. The standard InChI is InChI=1S/C21H28ClNO3/c1-16(2)25-12-4-11-23-14-18-7-10-20(21(13-18)24-3)26-15-17-5-8-19(22)9-6-17/h5-10,13,16,23H,4,11-12,14-15H2,1-3H3. The van der Waals surface area contributed by atoms with Crippen molar-refractivity contribution in [3.8, 4) is 11.5 Å². The zero-order valence-corrected chi connectivity index (χ0v) is 16.5. The van der Waals surface area contributed by atoms with Crippen molar-refractivity contribution in [1.82, 2.24) is 5.32 Å². The summed E-state index contributed by atoms with van der Waals surface area (Å²) in [4.78, 5) is 0. The Morgan fingerprint density at radius 3 is 2.42 bits per heavy atom. The maximum atomic E-state index is 5.90. The quantitative estimate of drug-likeness (QED) is 0.569. The van der Waals surface area contributed by atoms with Gasteiger partial charge in [-0.25, -0.2) is 0 Å². The number of rotatable bonds is 11. The highest BCUT2D eigenvalue weighted by atomic mass is 35.5. The maximum absolute atomic E-state index is 5.90. The fourth-order valence-electron chi connectivity index (χ4n) is 2.43. The van der Waals surface area contributed by atoms with E-state index in [1.54, 1.807) is 7.11 Å². The van der Waals surface area contributed by atoms with E-state index in [4.69, 9.17) is 25.8 Å². The number of nitrogens with one attached hydrogen (secondary N) is 1. The van der Waals surface area contributed by atoms with Crippen molar-refractivity contribution >= 4 is 11.6 Å². The predicted octanol–water partition coefficient (Wildman–Crippen LogP) is 4.83. The molecule has 0 fully saturated rings. The molecule has 0 aliphatic heterocycles. The van der Waals surface area contributed by atoms with Gasteiger partial charge in [0.05, 0.1) is 13.2 Å². The van der Waals surface area contributed by atoms with E-state index in [9.17, 15) is 0 Å². The maximum Gasteiger partial charge on any atom is 0.161 e. The van der Waals surface area contributed by atoms with Crippen LogP contribution in [-0.4, -0.2) is 26.4 Å². The van der Waals surface area contributed by atoms with Gasteiger partial charge < -0.3 is 19.5 Å². The Labute approximate surface area is 161 Å². The summed E-state index contributed by atoms with van der Waals surface area (Å²) in [5.41, 5.74) is 2.22. The first-order chi connectivity index (χ1) is 12.6. The van der Waals surface area contributed by atoms with E-state index in [1.807, 2.05) is 36.4 Å². The van der Waals surface area contributed by atoms with Crippen molar-refractivity contribution in [3.05, 3.63) is 58.6 Å². The van der Waals surface area contributed by atoms with Gasteiger partial charge in [0, 0.05) is 18.2 Å². The molecule has 0 aliphatic rings. The fourth-order valence-corrected chi connectivity index (χ4v) is 2.56. The molecular weight excluding hydrogens is 350 g/mol. The van der Waals surface area contributed by atoms with Crippen molar-refractivity contribution < 1.29 is 14.2 Å². The van der Waals surface area contributed by atoms with E-state index >= 15 is 0 Å². The molecule has 5 heteroatoms. The Kier molecular flexibility index (Phi) is 8.75. The van der Waals surface area contributed by atoms with Crippen LogP contribution in [0.1, 0.15) is 31.4 Å². The smallest absolute Gasteiger partial charge is 0.161 e. The van der Waals surface area contributed by atoms with E-state index in [1.165, 1.54) is 0 Å². The second kappa shape index (κ2) is 11.1. The van der Waals surface area contributed by atoms with E-state index in [0.717, 1.165) is 53.8 Å². The Balaban J connectivity index is 1.81. The van der Waals surface area contributed by atoms with Crippen LogP contribution < -0.4 is 14.8 Å². The topological polar surface area (TPSA) is 39.7 Å². The molecule has 0 radical (unpaired) electrons. The normalized spacial score (nSPS) is 11.0. The first kappa shape index (κ1) is 20.6. The molecule has 0 bridgehead atoms. The Morgan fingerprint density at radius 2 is 1.73 bits per heavy atom. The predicted molar refractivity (Wildman–Crippen MR) is 106 cm³/mol. The number of benzene rings is 2. The molecule has 2 aromatic rings. The van der Waals surface area contributed by atoms with E-state index in [2.05, 4.69) is 25.2 Å². The van der Waals surface area contributed by atoms with Gasteiger partial charge in [-0.05, 0) is 62.2 Å². The van der Waals surface area contributed by atoms with Crippen LogP contribution in [0.3, 0.4) is 0 Å². The van der Waals surface area contributed by atoms with Crippen molar-refractivity contribution in [2.24, 2.45) is 0 Å². The van der Waals surface area contributed by atoms with Crippen LogP contribution in [0.15, 0.2) is 42.5 Å². The Hall–Kier alpha value is -1.75. The monoisotopic (exact) mass is 377 g/mol. The molecule has 0 spiro atoms. The highest BCUT2D eigenvalue weighted by Gasteiger charge is 2.06. The summed E-state index contributed by atoms with van der Waals surface area (Å²) in [5.74, 6) is 1.47. The van der Waals surface area contributed by atoms with Crippen LogP contribution in [0.5, 0.6) is 11.5 Å². The molecule has 26 heavy (non-hydrogen) atoms. The lowest BCUT2D eigenvalue weighted by molar-refractivity contribution is 0.0770. The van der Waals surface area contributed by atoms with Gasteiger partial charge in [0.1, 0.15) is 6.61 Å². The number of methoxy groups -OCH3 is 1. The molecule has 0 heterocycles. The van der Waals surface area contributed by atoms with E-state index < -0.39 is 0 Å². The van der Waals surface area contributed by atoms with Crippen LogP contribution in [0, 0.1) is 0 Å². The summed E-state index contributed by atoms with van der Waals surface area (Å²) in [6.07, 6.45) is 1.29. The molecular formula is C21H28ClNO3. The molecule has 1 N–H and O–H groups in total. The second-order valence-corrected chi connectivity index (χ2v) is 6.79. The van der Waals surface area contributed by atoms with Crippen LogP contribution in [0.4, 0.5) is 0 Å². The first-order valence-corrected chi connectivity index (χ1v) is 9.32. The van der Waals surface area contributed by atoms with Gasteiger partial charge in [-0.15, -0.1) is 0 Å². The van der Waals surface area contributed by atoms with Gasteiger partial charge in [-0.2, -0.15) is 0 Å². The van der Waals surface area contributed by atoms with Gasteiger partial charge in [0.15, 0.2) is 11.5 Å². The summed E-state index contributed by atoms with van der Waals surface area (Å²) in [6.45, 7) is 7.07. The largest absolute Gasteiger partial charge is 0.493 e. The lowest BCUT2D eigenvalue weighted by atomic mass is 10.2. The van der Waals surface area contributed by atoms with Gasteiger partial charge in [0.2, 0.25) is 0 Å². The van der Waals surface area contributed by atoms with E-state index in [-0.39, 0.29) is 0 Å². The third-order valence-electron chi connectivity index (χ3n) is 3.81. The molecule has 2 rings (SSSR count). The van der Waals surface area contributed by atoms with Gasteiger partial charge in [-0.3, -0.25) is 0 Å². The Bertz CT molecular complexity index is 659. The molecule has 0 aromatic heterocycles. The fraction of sp³-hybridized carbons (Fsp3) is 0.429. The van der Waals surface area contributed by atoms with Crippen molar-refractivity contribution in [2.45, 2.75) is 39.5 Å². The molecule has 142 valence electrons. The summed E-state index contributed by atoms with van der Waals surface area (Å²) >= 11 is 5.90. The molecule has 0 unspecified atom stereocenters. The third-order valence-corrected chi connectivity index (χ3v) is 4.07. The van der Waals surface area contributed by atoms with Crippen molar-refractivity contribution in [2.75, 3.05) is 20.3 Å². The van der Waals surface area contributed by atoms with E-state index in [0.29, 0.717) is 12.7 Å². The van der Waals surface area contributed by atoms with Gasteiger partial charge in [0.25, 0.3) is 0 Å². The number of hydrogen-bond donors (Lipinski definition) is 1. The SMILES string of the molecule is COc1cc(CNCCCOC(C)C)ccc1OCc1ccc(Cl)cc1. The lowest BCUT2D eigenvalue weighted by Gasteiger charge is -2.13. The number of halogens is 1. The Morgan fingerprint density at radius 1 is 1.00 bits per heavy atom.